The lowest BCUT2D eigenvalue weighted by Gasteiger charge is -2.38. The van der Waals surface area contributed by atoms with Crippen LogP contribution in [0.5, 0.6) is 0 Å². The summed E-state index contributed by atoms with van der Waals surface area (Å²) >= 11 is 0. The average Bonchev–Trinajstić information content (AvgIpc) is 2.65. The number of amides is 2. The number of rotatable bonds is 7. The smallest absolute Gasteiger partial charge is 0.407 e. The number of alkyl carbamates (subject to hydrolysis) is 1. The first-order valence-electron chi connectivity index (χ1n) is 10.4. The largest absolute Gasteiger partial charge is 0.444 e. The van der Waals surface area contributed by atoms with Crippen molar-refractivity contribution < 1.29 is 24.5 Å². The first-order valence-corrected chi connectivity index (χ1v) is 10.4. The predicted molar refractivity (Wildman–Crippen MR) is 112 cm³/mol. The highest BCUT2D eigenvalue weighted by Gasteiger charge is 2.39. The minimum absolute atomic E-state index is 0.206. The van der Waals surface area contributed by atoms with E-state index in [1.807, 2.05) is 0 Å². The van der Waals surface area contributed by atoms with Gasteiger partial charge in [0.25, 0.3) is 5.56 Å². The highest BCUT2D eigenvalue weighted by molar-refractivity contribution is 5.76. The van der Waals surface area contributed by atoms with Crippen LogP contribution in [0.1, 0.15) is 58.9 Å². The summed E-state index contributed by atoms with van der Waals surface area (Å²) in [4.78, 5) is 49.0. The molecule has 2 amide bonds. The molecule has 31 heavy (non-hydrogen) atoms. The molecule has 1 aromatic rings. The van der Waals surface area contributed by atoms with Crippen molar-refractivity contribution in [1.29, 1.82) is 0 Å². The van der Waals surface area contributed by atoms with Gasteiger partial charge < -0.3 is 25.6 Å². The number of nitrogens with zero attached hydrogens (tertiary/aromatic N) is 1. The van der Waals surface area contributed by atoms with E-state index in [9.17, 15) is 29.4 Å². The Labute approximate surface area is 179 Å². The third-order valence-electron chi connectivity index (χ3n) is 4.98. The third kappa shape index (κ3) is 7.51. The molecule has 0 unspecified atom stereocenters. The molecule has 5 N–H and O–H groups in total. The maximum absolute atomic E-state index is 12.2. The number of ether oxygens (including phenoxy) is 1. The van der Waals surface area contributed by atoms with E-state index in [1.165, 1.54) is 16.8 Å². The second-order valence-corrected chi connectivity index (χ2v) is 8.70. The summed E-state index contributed by atoms with van der Waals surface area (Å²) in [6.07, 6.45) is 0.269. The van der Waals surface area contributed by atoms with Gasteiger partial charge in [0.15, 0.2) is 0 Å². The molecule has 0 radical (unpaired) electrons. The number of H-pyrrole nitrogens is 1. The maximum atomic E-state index is 12.2. The van der Waals surface area contributed by atoms with Crippen molar-refractivity contribution in [2.45, 2.75) is 82.8 Å². The van der Waals surface area contributed by atoms with Crippen molar-refractivity contribution in [2.75, 3.05) is 6.54 Å². The predicted octanol–water partition coefficient (Wildman–Crippen LogP) is -0.227. The molecule has 1 aromatic heterocycles. The SMILES string of the molecule is CC(C)(C)OC(=O)NCCCCC(=O)N[C@@H]1CC[C@@H](n2ccc(=O)[nH]c2=O)[C@H](O)[C@@H]1O. The fourth-order valence-corrected chi connectivity index (χ4v) is 3.50. The molecule has 0 spiro atoms. The van der Waals surface area contributed by atoms with Crippen LogP contribution < -0.4 is 21.9 Å². The van der Waals surface area contributed by atoms with E-state index < -0.39 is 47.2 Å². The van der Waals surface area contributed by atoms with Crippen molar-refractivity contribution in [1.82, 2.24) is 20.2 Å². The van der Waals surface area contributed by atoms with Crippen LogP contribution in [0.4, 0.5) is 4.79 Å². The second-order valence-electron chi connectivity index (χ2n) is 8.70. The van der Waals surface area contributed by atoms with Gasteiger partial charge in [-0.3, -0.25) is 19.1 Å². The molecule has 2 rings (SSSR count). The highest BCUT2D eigenvalue weighted by atomic mass is 16.6. The van der Waals surface area contributed by atoms with Gasteiger partial charge in [0.1, 0.15) is 17.8 Å². The lowest BCUT2D eigenvalue weighted by atomic mass is 9.85. The quantitative estimate of drug-likeness (QED) is 0.366. The number of hydrogen-bond acceptors (Lipinski definition) is 7. The molecule has 1 aliphatic carbocycles. The number of aromatic amines is 1. The van der Waals surface area contributed by atoms with Gasteiger partial charge in [-0.05, 0) is 46.5 Å². The summed E-state index contributed by atoms with van der Waals surface area (Å²) in [5.41, 5.74) is -1.77. The van der Waals surface area contributed by atoms with Gasteiger partial charge in [0.2, 0.25) is 5.91 Å². The Kier molecular flexibility index (Phi) is 8.40. The van der Waals surface area contributed by atoms with Crippen molar-refractivity contribution in [3.8, 4) is 0 Å². The van der Waals surface area contributed by atoms with Gasteiger partial charge in [-0.2, -0.15) is 0 Å². The lowest BCUT2D eigenvalue weighted by molar-refractivity contribution is -0.125. The topological polar surface area (TPSA) is 163 Å². The second kappa shape index (κ2) is 10.6. The summed E-state index contributed by atoms with van der Waals surface area (Å²) in [5.74, 6) is -0.270. The number of hydrogen-bond donors (Lipinski definition) is 5. The summed E-state index contributed by atoms with van der Waals surface area (Å²) in [7, 11) is 0. The van der Waals surface area contributed by atoms with E-state index in [-0.39, 0.29) is 12.3 Å². The Balaban J connectivity index is 1.75. The molecule has 0 bridgehead atoms. The van der Waals surface area contributed by atoms with Gasteiger partial charge in [-0.1, -0.05) is 0 Å². The van der Waals surface area contributed by atoms with Gasteiger partial charge in [0.05, 0.1) is 12.1 Å². The first kappa shape index (κ1) is 24.6. The zero-order chi connectivity index (χ0) is 23.2. The fourth-order valence-electron chi connectivity index (χ4n) is 3.50. The molecule has 174 valence electrons. The van der Waals surface area contributed by atoms with Crippen LogP contribution in [-0.4, -0.2) is 62.2 Å². The molecule has 11 nitrogen and oxygen atoms in total. The minimum atomic E-state index is -1.28. The highest BCUT2D eigenvalue weighted by Crippen LogP contribution is 2.28. The van der Waals surface area contributed by atoms with E-state index in [0.717, 1.165) is 0 Å². The van der Waals surface area contributed by atoms with E-state index in [4.69, 9.17) is 4.74 Å². The van der Waals surface area contributed by atoms with E-state index in [2.05, 4.69) is 15.6 Å². The molecule has 0 aromatic carbocycles. The third-order valence-corrected chi connectivity index (χ3v) is 4.98. The number of aliphatic hydroxyl groups excluding tert-OH is 2. The van der Waals surface area contributed by atoms with Crippen molar-refractivity contribution in [3.63, 3.8) is 0 Å². The van der Waals surface area contributed by atoms with Gasteiger partial charge in [-0.15, -0.1) is 0 Å². The van der Waals surface area contributed by atoms with E-state index in [1.54, 1.807) is 20.8 Å². The van der Waals surface area contributed by atoms with Crippen molar-refractivity contribution in [2.24, 2.45) is 0 Å². The Bertz CT molecular complexity index is 873. The Hall–Kier alpha value is -2.66. The van der Waals surface area contributed by atoms with Crippen molar-refractivity contribution >= 4 is 12.0 Å². The molecule has 11 heteroatoms. The summed E-state index contributed by atoms with van der Waals surface area (Å²) in [5, 5.41) is 26.2. The molecule has 1 fully saturated rings. The van der Waals surface area contributed by atoms with Gasteiger partial charge in [0, 0.05) is 25.2 Å². The number of aliphatic hydroxyl groups is 2. The van der Waals surface area contributed by atoms with Crippen LogP contribution >= 0.6 is 0 Å². The van der Waals surface area contributed by atoms with Crippen LogP contribution in [0.2, 0.25) is 0 Å². The number of aromatic nitrogens is 2. The Morgan fingerprint density at radius 1 is 1.19 bits per heavy atom. The minimum Gasteiger partial charge on any atom is -0.444 e. The Morgan fingerprint density at radius 2 is 1.90 bits per heavy atom. The van der Waals surface area contributed by atoms with Crippen LogP contribution in [-0.2, 0) is 9.53 Å². The molecule has 1 aliphatic rings. The van der Waals surface area contributed by atoms with E-state index in [0.29, 0.717) is 32.2 Å². The molecular formula is C20H32N4O7. The number of carbonyl (C=O) groups is 2. The monoisotopic (exact) mass is 440 g/mol. The lowest BCUT2D eigenvalue weighted by Crippen LogP contribution is -2.55. The fraction of sp³-hybridized carbons (Fsp3) is 0.700. The number of carbonyl (C=O) groups excluding carboxylic acids is 2. The van der Waals surface area contributed by atoms with Gasteiger partial charge in [-0.25, -0.2) is 9.59 Å². The zero-order valence-electron chi connectivity index (χ0n) is 18.1. The average molecular weight is 440 g/mol. The van der Waals surface area contributed by atoms with Crippen molar-refractivity contribution in [3.05, 3.63) is 33.1 Å². The normalized spacial score (nSPS) is 23.8. The molecule has 1 heterocycles. The summed E-state index contributed by atoms with van der Waals surface area (Å²) in [6, 6.07) is -0.171. The summed E-state index contributed by atoms with van der Waals surface area (Å²) in [6.45, 7) is 5.70. The molecular weight excluding hydrogens is 408 g/mol. The first-order chi connectivity index (χ1) is 14.5. The van der Waals surface area contributed by atoms with Crippen LogP contribution in [0, 0.1) is 0 Å². The molecule has 0 saturated heterocycles. The van der Waals surface area contributed by atoms with Crippen LogP contribution in [0.25, 0.3) is 0 Å². The van der Waals surface area contributed by atoms with E-state index >= 15 is 0 Å². The molecule has 1 saturated carbocycles. The number of nitrogens with one attached hydrogen (secondary N) is 3. The van der Waals surface area contributed by atoms with Crippen LogP contribution in [0.3, 0.4) is 0 Å². The van der Waals surface area contributed by atoms with Crippen LogP contribution in [0.15, 0.2) is 21.9 Å². The molecule has 0 aliphatic heterocycles. The summed E-state index contributed by atoms with van der Waals surface area (Å²) < 4.78 is 6.31. The maximum Gasteiger partial charge on any atom is 0.407 e. The standard InChI is InChI=1S/C20H32N4O7/c1-20(2,3)31-19(30)21-10-5-4-6-14(25)22-12-7-8-13(17(28)16(12)27)24-11-9-15(26)23-18(24)29/h9,11-13,16-17,27-28H,4-8,10H2,1-3H3,(H,21,30)(H,22,25)(H,23,26,29)/t12-,13-,16-,17+/m1/s1. The zero-order valence-corrected chi connectivity index (χ0v) is 18.1. The molecule has 4 atom stereocenters. The van der Waals surface area contributed by atoms with Gasteiger partial charge >= 0.3 is 11.8 Å². The number of unbranched alkanes of at least 4 members (excludes halogenated alkanes) is 1. The Morgan fingerprint density at radius 3 is 2.55 bits per heavy atom.